The largest absolute Gasteiger partial charge is 0.493 e. The topological polar surface area (TPSA) is 38.7 Å². The maximum absolute atomic E-state index is 13.8. The van der Waals surface area contributed by atoms with Crippen LogP contribution in [0.3, 0.4) is 0 Å². The van der Waals surface area contributed by atoms with Gasteiger partial charge in [0, 0.05) is 22.0 Å². The standard InChI is InChI=1S/C16H14BrFO3/c17-13-6-10-4-5-20-15(10)12(7-13)9-21-16-11(8-19)2-1-3-14(16)18/h1-3,6-7,19H,4-5,8-9H2. The van der Waals surface area contributed by atoms with Crippen LogP contribution >= 0.6 is 15.9 Å². The van der Waals surface area contributed by atoms with Crippen LogP contribution in [0.5, 0.6) is 11.5 Å². The number of aliphatic hydroxyl groups is 1. The van der Waals surface area contributed by atoms with Gasteiger partial charge in [0.05, 0.1) is 13.2 Å². The molecular formula is C16H14BrFO3. The van der Waals surface area contributed by atoms with Crippen LogP contribution in [-0.4, -0.2) is 11.7 Å². The third-order valence-corrected chi connectivity index (χ3v) is 3.87. The van der Waals surface area contributed by atoms with E-state index in [9.17, 15) is 9.50 Å². The van der Waals surface area contributed by atoms with Crippen LogP contribution in [0.1, 0.15) is 16.7 Å². The molecule has 0 atom stereocenters. The van der Waals surface area contributed by atoms with Crippen molar-refractivity contribution in [3.05, 3.63) is 57.3 Å². The second-order valence-electron chi connectivity index (χ2n) is 4.83. The molecule has 1 aliphatic heterocycles. The van der Waals surface area contributed by atoms with Gasteiger partial charge in [-0.25, -0.2) is 4.39 Å². The van der Waals surface area contributed by atoms with Crippen LogP contribution in [0, 0.1) is 5.82 Å². The summed E-state index contributed by atoms with van der Waals surface area (Å²) in [4.78, 5) is 0. The van der Waals surface area contributed by atoms with E-state index in [1.165, 1.54) is 6.07 Å². The second kappa shape index (κ2) is 6.03. The Kier molecular flexibility index (Phi) is 4.12. The Balaban J connectivity index is 1.86. The van der Waals surface area contributed by atoms with E-state index in [-0.39, 0.29) is 19.0 Å². The smallest absolute Gasteiger partial charge is 0.165 e. The second-order valence-corrected chi connectivity index (χ2v) is 5.74. The zero-order valence-corrected chi connectivity index (χ0v) is 12.8. The van der Waals surface area contributed by atoms with Crippen molar-refractivity contribution in [1.29, 1.82) is 0 Å². The van der Waals surface area contributed by atoms with Crippen molar-refractivity contribution in [3.63, 3.8) is 0 Å². The molecule has 0 bridgehead atoms. The molecule has 0 spiro atoms. The maximum Gasteiger partial charge on any atom is 0.165 e. The van der Waals surface area contributed by atoms with Crippen molar-refractivity contribution in [2.75, 3.05) is 6.61 Å². The van der Waals surface area contributed by atoms with Gasteiger partial charge in [-0.3, -0.25) is 0 Å². The Morgan fingerprint density at radius 3 is 2.95 bits per heavy atom. The Morgan fingerprint density at radius 2 is 2.14 bits per heavy atom. The lowest BCUT2D eigenvalue weighted by Gasteiger charge is -2.13. The molecule has 1 N–H and O–H groups in total. The van der Waals surface area contributed by atoms with Gasteiger partial charge in [0.15, 0.2) is 11.6 Å². The fraction of sp³-hybridized carbons (Fsp3) is 0.250. The van der Waals surface area contributed by atoms with E-state index in [1.54, 1.807) is 12.1 Å². The summed E-state index contributed by atoms with van der Waals surface area (Å²) in [6.45, 7) is 0.580. The predicted octanol–water partition coefficient (Wildman–Crippen LogP) is 3.59. The van der Waals surface area contributed by atoms with E-state index in [4.69, 9.17) is 9.47 Å². The molecule has 21 heavy (non-hydrogen) atoms. The minimum atomic E-state index is -0.478. The van der Waals surface area contributed by atoms with Crippen LogP contribution < -0.4 is 9.47 Å². The zero-order valence-electron chi connectivity index (χ0n) is 11.2. The van der Waals surface area contributed by atoms with E-state index in [2.05, 4.69) is 15.9 Å². The summed E-state index contributed by atoms with van der Waals surface area (Å²) in [5.74, 6) is 0.431. The highest BCUT2D eigenvalue weighted by molar-refractivity contribution is 9.10. The van der Waals surface area contributed by atoms with E-state index in [0.29, 0.717) is 12.2 Å². The zero-order chi connectivity index (χ0) is 14.8. The summed E-state index contributed by atoms with van der Waals surface area (Å²) in [6.07, 6.45) is 0.864. The maximum atomic E-state index is 13.8. The number of hydrogen-bond acceptors (Lipinski definition) is 3. The first-order valence-corrected chi connectivity index (χ1v) is 7.43. The molecule has 1 aliphatic rings. The molecule has 2 aromatic carbocycles. The van der Waals surface area contributed by atoms with Crippen LogP contribution in [0.15, 0.2) is 34.8 Å². The van der Waals surface area contributed by atoms with Crippen LogP contribution in [0.25, 0.3) is 0 Å². The Morgan fingerprint density at radius 1 is 1.29 bits per heavy atom. The summed E-state index contributed by atoms with van der Waals surface area (Å²) >= 11 is 3.46. The number of ether oxygens (including phenoxy) is 2. The summed E-state index contributed by atoms with van der Waals surface area (Å²) in [7, 11) is 0. The van der Waals surface area contributed by atoms with Gasteiger partial charge in [-0.05, 0) is 23.8 Å². The number of para-hydroxylation sites is 1. The van der Waals surface area contributed by atoms with Crippen molar-refractivity contribution >= 4 is 15.9 Å². The highest BCUT2D eigenvalue weighted by atomic mass is 79.9. The molecule has 0 fully saturated rings. The van der Waals surface area contributed by atoms with Gasteiger partial charge in [0.1, 0.15) is 12.4 Å². The van der Waals surface area contributed by atoms with E-state index in [1.807, 2.05) is 12.1 Å². The normalized spacial score (nSPS) is 12.9. The molecule has 2 aromatic rings. The average molecular weight is 353 g/mol. The molecule has 1 heterocycles. The van der Waals surface area contributed by atoms with E-state index >= 15 is 0 Å². The molecule has 0 saturated heterocycles. The van der Waals surface area contributed by atoms with E-state index < -0.39 is 5.82 Å². The van der Waals surface area contributed by atoms with Gasteiger partial charge < -0.3 is 14.6 Å². The van der Waals surface area contributed by atoms with Crippen molar-refractivity contribution in [1.82, 2.24) is 0 Å². The Labute approximate surface area is 130 Å². The number of hydrogen-bond donors (Lipinski definition) is 1. The molecule has 0 amide bonds. The minimum absolute atomic E-state index is 0.0896. The first-order chi connectivity index (χ1) is 10.2. The summed E-state index contributed by atoms with van der Waals surface area (Å²) in [6, 6.07) is 8.43. The van der Waals surface area contributed by atoms with E-state index in [0.717, 1.165) is 27.8 Å². The monoisotopic (exact) mass is 352 g/mol. The van der Waals surface area contributed by atoms with Gasteiger partial charge in [-0.2, -0.15) is 0 Å². The van der Waals surface area contributed by atoms with Crippen LogP contribution in [0.2, 0.25) is 0 Å². The van der Waals surface area contributed by atoms with Crippen molar-refractivity contribution in [2.24, 2.45) is 0 Å². The van der Waals surface area contributed by atoms with Gasteiger partial charge in [0.25, 0.3) is 0 Å². The van der Waals surface area contributed by atoms with Gasteiger partial charge in [0.2, 0.25) is 0 Å². The van der Waals surface area contributed by atoms with Crippen molar-refractivity contribution in [2.45, 2.75) is 19.6 Å². The number of fused-ring (bicyclic) bond motifs is 1. The molecule has 3 nitrogen and oxygen atoms in total. The fourth-order valence-corrected chi connectivity index (χ4v) is 3.00. The Hall–Kier alpha value is -1.59. The van der Waals surface area contributed by atoms with Crippen LogP contribution in [0.4, 0.5) is 4.39 Å². The molecule has 0 aromatic heterocycles. The van der Waals surface area contributed by atoms with Crippen LogP contribution in [-0.2, 0) is 19.6 Å². The lowest BCUT2D eigenvalue weighted by Crippen LogP contribution is -2.03. The molecule has 0 unspecified atom stereocenters. The molecule has 5 heteroatoms. The fourth-order valence-electron chi connectivity index (χ4n) is 2.44. The quantitative estimate of drug-likeness (QED) is 0.913. The van der Waals surface area contributed by atoms with Gasteiger partial charge in [-0.1, -0.05) is 28.1 Å². The number of aliphatic hydroxyl groups excluding tert-OH is 1. The molecular weight excluding hydrogens is 339 g/mol. The summed E-state index contributed by atoms with van der Waals surface area (Å²) < 4.78 is 26.0. The number of benzene rings is 2. The number of halogens is 2. The SMILES string of the molecule is OCc1cccc(F)c1OCc1cc(Br)cc2c1OCC2. The molecule has 110 valence electrons. The third-order valence-electron chi connectivity index (χ3n) is 3.42. The first kappa shape index (κ1) is 14.4. The average Bonchev–Trinajstić information content (AvgIpc) is 2.93. The van der Waals surface area contributed by atoms with Crippen molar-refractivity contribution < 1.29 is 19.0 Å². The molecule has 3 rings (SSSR count). The predicted molar refractivity (Wildman–Crippen MR) is 80.0 cm³/mol. The summed E-state index contributed by atoms with van der Waals surface area (Å²) in [5, 5.41) is 9.26. The number of rotatable bonds is 4. The Bertz CT molecular complexity index is 673. The third kappa shape index (κ3) is 2.89. The lowest BCUT2D eigenvalue weighted by atomic mass is 10.1. The highest BCUT2D eigenvalue weighted by Crippen LogP contribution is 2.34. The van der Waals surface area contributed by atoms with Gasteiger partial charge >= 0.3 is 0 Å². The van der Waals surface area contributed by atoms with Gasteiger partial charge in [-0.15, -0.1) is 0 Å². The molecule has 0 radical (unpaired) electrons. The minimum Gasteiger partial charge on any atom is -0.493 e. The lowest BCUT2D eigenvalue weighted by molar-refractivity contribution is 0.248. The highest BCUT2D eigenvalue weighted by Gasteiger charge is 2.18. The van der Waals surface area contributed by atoms with Crippen molar-refractivity contribution in [3.8, 4) is 11.5 Å². The molecule has 0 aliphatic carbocycles. The molecule has 0 saturated carbocycles. The first-order valence-electron chi connectivity index (χ1n) is 6.64. The summed E-state index contributed by atoms with van der Waals surface area (Å²) in [5.41, 5.74) is 2.42.